The first kappa shape index (κ1) is 16.3. The van der Waals surface area contributed by atoms with Gasteiger partial charge < -0.3 is 19.4 Å². The average Bonchev–Trinajstić information content (AvgIpc) is 3.25. The molecular weight excluding hydrogens is 293 g/mol. The summed E-state index contributed by atoms with van der Waals surface area (Å²) in [5.74, 6) is 0.503. The quantitative estimate of drug-likeness (QED) is 0.862. The molecule has 6 heteroatoms. The van der Waals surface area contributed by atoms with Gasteiger partial charge in [0.25, 0.3) is 5.91 Å². The Hall–Kier alpha value is -1.53. The second-order valence-electron chi connectivity index (χ2n) is 7.20. The molecule has 1 aliphatic carbocycles. The molecule has 0 spiro atoms. The van der Waals surface area contributed by atoms with Gasteiger partial charge in [0.1, 0.15) is 5.75 Å². The number of rotatable bonds is 4. The van der Waals surface area contributed by atoms with Gasteiger partial charge >= 0.3 is 7.12 Å². The van der Waals surface area contributed by atoms with E-state index in [2.05, 4.69) is 5.32 Å². The van der Waals surface area contributed by atoms with Crippen molar-refractivity contribution in [2.45, 2.75) is 57.8 Å². The second-order valence-corrected chi connectivity index (χ2v) is 7.20. The third-order valence-electron chi connectivity index (χ3n) is 4.84. The van der Waals surface area contributed by atoms with Gasteiger partial charge in [0.2, 0.25) is 0 Å². The minimum Gasteiger partial charge on any atom is -0.491 e. The zero-order valence-electron chi connectivity index (χ0n) is 14.4. The summed E-state index contributed by atoms with van der Waals surface area (Å²) in [7, 11) is 0.993. The minimum absolute atomic E-state index is 0.170. The summed E-state index contributed by atoms with van der Waals surface area (Å²) < 4.78 is 18.3. The molecule has 1 heterocycles. The van der Waals surface area contributed by atoms with Crippen LogP contribution >= 0.6 is 0 Å². The van der Waals surface area contributed by atoms with Gasteiger partial charge in [0.15, 0.2) is 0 Å². The molecule has 5 nitrogen and oxygen atoms in total. The topological polar surface area (TPSA) is 56.8 Å². The molecule has 1 aromatic rings. The maximum absolute atomic E-state index is 12.3. The smallest absolute Gasteiger partial charge is 0.491 e. The van der Waals surface area contributed by atoms with E-state index in [4.69, 9.17) is 14.0 Å². The van der Waals surface area contributed by atoms with Crippen LogP contribution in [-0.2, 0) is 9.31 Å². The predicted octanol–water partition coefficient (Wildman–Crippen LogP) is 1.89. The summed E-state index contributed by atoms with van der Waals surface area (Å²) in [4.78, 5) is 12.3. The van der Waals surface area contributed by atoms with Crippen molar-refractivity contribution in [1.29, 1.82) is 0 Å². The number of carbonyl (C=O) groups excluding carboxylic acids is 1. The number of ether oxygens (including phenoxy) is 1. The van der Waals surface area contributed by atoms with Crippen molar-refractivity contribution < 1.29 is 18.8 Å². The lowest BCUT2D eigenvalue weighted by Gasteiger charge is -2.32. The number of nitrogens with one attached hydrogen (secondary N) is 1. The highest BCUT2D eigenvalue weighted by atomic mass is 16.7. The first-order valence-electron chi connectivity index (χ1n) is 8.12. The van der Waals surface area contributed by atoms with E-state index in [1.165, 1.54) is 0 Å². The zero-order chi connectivity index (χ0) is 16.8. The molecule has 23 heavy (non-hydrogen) atoms. The number of amides is 1. The number of hydrogen-bond acceptors (Lipinski definition) is 4. The first-order chi connectivity index (χ1) is 10.7. The molecule has 0 unspecified atom stereocenters. The molecule has 2 aliphatic rings. The summed E-state index contributed by atoms with van der Waals surface area (Å²) >= 11 is 0. The zero-order valence-corrected chi connectivity index (χ0v) is 14.4. The fourth-order valence-electron chi connectivity index (χ4n) is 2.55. The van der Waals surface area contributed by atoms with E-state index in [0.717, 1.165) is 12.8 Å². The van der Waals surface area contributed by atoms with Crippen LogP contribution in [0.5, 0.6) is 5.75 Å². The largest absolute Gasteiger partial charge is 0.499 e. The van der Waals surface area contributed by atoms with Gasteiger partial charge in [0.05, 0.1) is 17.3 Å². The van der Waals surface area contributed by atoms with Gasteiger partial charge in [0, 0.05) is 18.1 Å². The van der Waals surface area contributed by atoms with E-state index in [1.807, 2.05) is 39.8 Å². The van der Waals surface area contributed by atoms with Crippen molar-refractivity contribution in [3.05, 3.63) is 23.8 Å². The highest BCUT2D eigenvalue weighted by Gasteiger charge is 2.53. The molecule has 1 aliphatic heterocycles. The lowest BCUT2D eigenvalue weighted by molar-refractivity contribution is 0.00578. The number of carbonyl (C=O) groups is 1. The van der Waals surface area contributed by atoms with E-state index >= 15 is 0 Å². The van der Waals surface area contributed by atoms with E-state index in [9.17, 15) is 4.79 Å². The molecule has 0 radical (unpaired) electrons. The Labute approximate surface area is 137 Å². The third-order valence-corrected chi connectivity index (χ3v) is 4.84. The molecule has 1 saturated heterocycles. The Kier molecular flexibility index (Phi) is 3.93. The van der Waals surface area contributed by atoms with Crippen LogP contribution in [0.4, 0.5) is 0 Å². The monoisotopic (exact) mass is 317 g/mol. The van der Waals surface area contributed by atoms with Crippen molar-refractivity contribution in [3.8, 4) is 5.75 Å². The van der Waals surface area contributed by atoms with Crippen LogP contribution in [0.2, 0.25) is 0 Å². The lowest BCUT2D eigenvalue weighted by atomic mass is 9.75. The van der Waals surface area contributed by atoms with Gasteiger partial charge in [-0.25, -0.2) is 0 Å². The molecular formula is C17H24BNO4. The lowest BCUT2D eigenvalue weighted by Crippen LogP contribution is -2.41. The highest BCUT2D eigenvalue weighted by molar-refractivity contribution is 6.64. The SMILES string of the molecule is CNC(=O)c1cccc(OC2CC2)c1B1OC(C)(C)C(C)(C)O1. The molecule has 1 aromatic carbocycles. The van der Waals surface area contributed by atoms with E-state index < -0.39 is 18.3 Å². The molecule has 2 fully saturated rings. The average molecular weight is 317 g/mol. The van der Waals surface area contributed by atoms with Crippen LogP contribution in [0, 0.1) is 0 Å². The van der Waals surface area contributed by atoms with Gasteiger partial charge in [-0.05, 0) is 52.7 Å². The highest BCUT2D eigenvalue weighted by Crippen LogP contribution is 2.38. The second kappa shape index (κ2) is 5.53. The van der Waals surface area contributed by atoms with Crippen molar-refractivity contribution in [1.82, 2.24) is 5.32 Å². The molecule has 3 rings (SSSR count). The molecule has 0 aromatic heterocycles. The van der Waals surface area contributed by atoms with Gasteiger partial charge in [-0.15, -0.1) is 0 Å². The van der Waals surface area contributed by atoms with E-state index in [-0.39, 0.29) is 12.0 Å². The first-order valence-corrected chi connectivity index (χ1v) is 8.12. The normalized spacial score (nSPS) is 22.0. The summed E-state index contributed by atoms with van der Waals surface area (Å²) in [6.45, 7) is 7.99. The summed E-state index contributed by atoms with van der Waals surface area (Å²) in [6, 6.07) is 5.49. The predicted molar refractivity (Wildman–Crippen MR) is 89.2 cm³/mol. The maximum atomic E-state index is 12.3. The summed E-state index contributed by atoms with van der Waals surface area (Å²) in [5.41, 5.74) is 0.274. The van der Waals surface area contributed by atoms with Crippen LogP contribution in [-0.4, -0.2) is 37.4 Å². The van der Waals surface area contributed by atoms with Crippen molar-refractivity contribution in [2.75, 3.05) is 7.05 Å². The molecule has 1 N–H and O–H groups in total. The van der Waals surface area contributed by atoms with Crippen molar-refractivity contribution in [3.63, 3.8) is 0 Å². The third kappa shape index (κ3) is 2.97. The molecule has 0 bridgehead atoms. The van der Waals surface area contributed by atoms with Crippen molar-refractivity contribution in [2.24, 2.45) is 0 Å². The van der Waals surface area contributed by atoms with Crippen LogP contribution in [0.3, 0.4) is 0 Å². The van der Waals surface area contributed by atoms with Crippen LogP contribution in [0.1, 0.15) is 50.9 Å². The maximum Gasteiger partial charge on any atom is 0.499 e. The van der Waals surface area contributed by atoms with Gasteiger partial charge in [-0.2, -0.15) is 0 Å². The molecule has 124 valence electrons. The van der Waals surface area contributed by atoms with E-state index in [0.29, 0.717) is 16.8 Å². The van der Waals surface area contributed by atoms with Gasteiger partial charge in [-0.3, -0.25) is 4.79 Å². The fourth-order valence-corrected chi connectivity index (χ4v) is 2.55. The fraction of sp³-hybridized carbons (Fsp3) is 0.588. The number of hydrogen-bond donors (Lipinski definition) is 1. The standard InChI is InChI=1S/C17H24BNO4/c1-16(2)17(3,4)23-18(22-16)14-12(15(20)19-5)7-6-8-13(14)21-11-9-10-11/h6-8,11H,9-10H2,1-5H3,(H,19,20). The summed E-state index contributed by atoms with van der Waals surface area (Å²) in [6.07, 6.45) is 2.33. The van der Waals surface area contributed by atoms with Crippen LogP contribution in [0.25, 0.3) is 0 Å². The molecule has 0 atom stereocenters. The Balaban J connectivity index is 2.03. The Morgan fingerprint density at radius 3 is 2.35 bits per heavy atom. The van der Waals surface area contributed by atoms with Crippen LogP contribution in [0.15, 0.2) is 18.2 Å². The number of benzene rings is 1. The Morgan fingerprint density at radius 1 is 1.22 bits per heavy atom. The van der Waals surface area contributed by atoms with E-state index in [1.54, 1.807) is 13.1 Å². The molecule has 1 saturated carbocycles. The Bertz CT molecular complexity index is 609. The molecule has 1 amide bonds. The van der Waals surface area contributed by atoms with Crippen LogP contribution < -0.4 is 15.5 Å². The van der Waals surface area contributed by atoms with Gasteiger partial charge in [-0.1, -0.05) is 6.07 Å². The summed E-state index contributed by atoms with van der Waals surface area (Å²) in [5, 5.41) is 2.68. The van der Waals surface area contributed by atoms with Crippen molar-refractivity contribution >= 4 is 18.5 Å². The Morgan fingerprint density at radius 2 is 1.83 bits per heavy atom. The minimum atomic E-state index is -0.623.